The zero-order chi connectivity index (χ0) is 12.1. The normalized spacial score (nSPS) is 16.5. The summed E-state index contributed by atoms with van der Waals surface area (Å²) in [6.07, 6.45) is 5.51. The summed E-state index contributed by atoms with van der Waals surface area (Å²) in [5.74, 6) is -0.903. The highest BCUT2D eigenvalue weighted by atomic mass is 16.2. The summed E-state index contributed by atoms with van der Waals surface area (Å²) in [4.78, 5) is 23.6. The largest absolute Gasteiger partial charge is 0.346 e. The highest BCUT2D eigenvalue weighted by Crippen LogP contribution is 2.17. The predicted molar refractivity (Wildman–Crippen MR) is 65.8 cm³/mol. The van der Waals surface area contributed by atoms with Crippen molar-refractivity contribution in [3.8, 4) is 0 Å². The molecule has 1 amide bonds. The molecular weight excluding hydrogens is 214 g/mol. The summed E-state index contributed by atoms with van der Waals surface area (Å²) in [5, 5.41) is 2.83. The number of rotatable bonds is 3. The first-order chi connectivity index (χ1) is 8.27. The average Bonchev–Trinajstić information content (AvgIpc) is 2.40. The Morgan fingerprint density at radius 3 is 2.29 bits per heavy atom. The van der Waals surface area contributed by atoms with Gasteiger partial charge in [-0.1, -0.05) is 49.6 Å². The monoisotopic (exact) mass is 231 g/mol. The molecule has 1 saturated carbocycles. The van der Waals surface area contributed by atoms with Crippen LogP contribution < -0.4 is 5.32 Å². The van der Waals surface area contributed by atoms with Crippen molar-refractivity contribution in [1.29, 1.82) is 0 Å². The Kier molecular flexibility index (Phi) is 3.91. The van der Waals surface area contributed by atoms with Crippen LogP contribution in [0.25, 0.3) is 0 Å². The molecule has 3 nitrogen and oxygen atoms in total. The van der Waals surface area contributed by atoms with Gasteiger partial charge in [-0.15, -0.1) is 0 Å². The Hall–Kier alpha value is -1.64. The summed E-state index contributed by atoms with van der Waals surface area (Å²) in [6.45, 7) is 0. The van der Waals surface area contributed by atoms with E-state index in [4.69, 9.17) is 0 Å². The third-order valence-corrected chi connectivity index (χ3v) is 3.18. The smallest absolute Gasteiger partial charge is 0.292 e. The number of carbonyl (C=O) groups is 2. The number of Topliss-reactive ketones (excluding diaryl/α,β-unsaturated/α-hetero) is 1. The lowest BCUT2D eigenvalue weighted by atomic mass is 9.95. The summed E-state index contributed by atoms with van der Waals surface area (Å²) >= 11 is 0. The molecule has 0 unspecified atom stereocenters. The Labute approximate surface area is 101 Å². The number of nitrogens with one attached hydrogen (secondary N) is 1. The average molecular weight is 231 g/mol. The molecule has 2 rings (SSSR count). The Balaban J connectivity index is 1.93. The maximum Gasteiger partial charge on any atom is 0.292 e. The number of amides is 1. The molecular formula is C14H17NO2. The number of hydrogen-bond acceptors (Lipinski definition) is 2. The van der Waals surface area contributed by atoms with E-state index in [1.807, 2.05) is 6.07 Å². The van der Waals surface area contributed by atoms with Crippen molar-refractivity contribution < 1.29 is 9.59 Å². The van der Waals surface area contributed by atoms with Gasteiger partial charge in [0.05, 0.1) is 0 Å². The fourth-order valence-electron chi connectivity index (χ4n) is 2.22. The summed E-state index contributed by atoms with van der Waals surface area (Å²) in [6, 6.07) is 8.88. The van der Waals surface area contributed by atoms with Crippen LogP contribution in [0.15, 0.2) is 30.3 Å². The number of benzene rings is 1. The van der Waals surface area contributed by atoms with E-state index >= 15 is 0 Å². The topological polar surface area (TPSA) is 46.2 Å². The predicted octanol–water partition coefficient (Wildman–Crippen LogP) is 2.32. The van der Waals surface area contributed by atoms with Crippen molar-refractivity contribution in [2.75, 3.05) is 0 Å². The third-order valence-electron chi connectivity index (χ3n) is 3.18. The van der Waals surface area contributed by atoms with Gasteiger partial charge in [-0.25, -0.2) is 0 Å². The maximum absolute atomic E-state index is 11.8. The van der Waals surface area contributed by atoms with Gasteiger partial charge in [-0.3, -0.25) is 9.59 Å². The number of hydrogen-bond donors (Lipinski definition) is 1. The van der Waals surface area contributed by atoms with Crippen LogP contribution in [0.3, 0.4) is 0 Å². The zero-order valence-electron chi connectivity index (χ0n) is 9.82. The van der Waals surface area contributed by atoms with E-state index in [0.29, 0.717) is 5.56 Å². The molecule has 1 N–H and O–H groups in total. The van der Waals surface area contributed by atoms with Crippen LogP contribution in [0.1, 0.15) is 42.5 Å². The minimum atomic E-state index is -0.469. The first-order valence-corrected chi connectivity index (χ1v) is 6.17. The van der Waals surface area contributed by atoms with Gasteiger partial charge in [0.15, 0.2) is 0 Å². The van der Waals surface area contributed by atoms with Gasteiger partial charge >= 0.3 is 0 Å². The molecule has 1 aromatic rings. The van der Waals surface area contributed by atoms with Crippen LogP contribution in [0.4, 0.5) is 0 Å². The van der Waals surface area contributed by atoms with Crippen LogP contribution in [0.2, 0.25) is 0 Å². The molecule has 0 saturated heterocycles. The van der Waals surface area contributed by atoms with E-state index in [2.05, 4.69) is 5.32 Å². The van der Waals surface area contributed by atoms with Gasteiger partial charge < -0.3 is 5.32 Å². The summed E-state index contributed by atoms with van der Waals surface area (Å²) in [7, 11) is 0. The number of carbonyl (C=O) groups excluding carboxylic acids is 2. The molecule has 0 aliphatic heterocycles. The van der Waals surface area contributed by atoms with Gasteiger partial charge in [0, 0.05) is 11.6 Å². The molecule has 0 atom stereocenters. The molecule has 0 bridgehead atoms. The highest BCUT2D eigenvalue weighted by molar-refractivity contribution is 6.42. The van der Waals surface area contributed by atoms with Crippen molar-refractivity contribution in [2.45, 2.75) is 38.1 Å². The standard InChI is InChI=1S/C14H17NO2/c16-13(11-7-3-1-4-8-11)14(17)15-12-9-5-2-6-10-12/h1,3-4,7-8,12H,2,5-6,9-10H2,(H,15,17). The highest BCUT2D eigenvalue weighted by Gasteiger charge is 2.21. The van der Waals surface area contributed by atoms with E-state index in [1.54, 1.807) is 24.3 Å². The Morgan fingerprint density at radius 2 is 1.65 bits per heavy atom. The minimum Gasteiger partial charge on any atom is -0.346 e. The van der Waals surface area contributed by atoms with Crippen LogP contribution in [0.5, 0.6) is 0 Å². The maximum atomic E-state index is 11.8. The van der Waals surface area contributed by atoms with Crippen molar-refractivity contribution in [1.82, 2.24) is 5.32 Å². The fourth-order valence-corrected chi connectivity index (χ4v) is 2.22. The van der Waals surface area contributed by atoms with Gasteiger partial charge in [-0.05, 0) is 12.8 Å². The molecule has 1 aromatic carbocycles. The molecule has 0 spiro atoms. The molecule has 1 fully saturated rings. The molecule has 1 aliphatic carbocycles. The molecule has 1 aliphatic rings. The van der Waals surface area contributed by atoms with Crippen LogP contribution in [-0.2, 0) is 4.79 Å². The van der Waals surface area contributed by atoms with Crippen molar-refractivity contribution in [3.63, 3.8) is 0 Å². The van der Waals surface area contributed by atoms with E-state index in [1.165, 1.54) is 6.42 Å². The van der Waals surface area contributed by atoms with Crippen LogP contribution >= 0.6 is 0 Å². The lowest BCUT2D eigenvalue weighted by molar-refractivity contribution is -0.117. The van der Waals surface area contributed by atoms with Gasteiger partial charge in [0.2, 0.25) is 5.78 Å². The van der Waals surface area contributed by atoms with E-state index in [9.17, 15) is 9.59 Å². The third kappa shape index (κ3) is 3.16. The second kappa shape index (κ2) is 5.62. The lowest BCUT2D eigenvalue weighted by Crippen LogP contribution is -2.40. The SMILES string of the molecule is O=C(NC1CCCCC1)C(=O)c1ccccc1. The second-order valence-electron chi connectivity index (χ2n) is 4.50. The first kappa shape index (κ1) is 11.8. The molecule has 3 heteroatoms. The van der Waals surface area contributed by atoms with Crippen molar-refractivity contribution in [3.05, 3.63) is 35.9 Å². The second-order valence-corrected chi connectivity index (χ2v) is 4.50. The van der Waals surface area contributed by atoms with Crippen LogP contribution in [0, 0.1) is 0 Å². The van der Waals surface area contributed by atoms with E-state index in [0.717, 1.165) is 25.7 Å². The Morgan fingerprint density at radius 1 is 1.00 bits per heavy atom. The Bertz CT molecular complexity index is 394. The molecule has 90 valence electrons. The van der Waals surface area contributed by atoms with E-state index < -0.39 is 11.7 Å². The number of ketones is 1. The van der Waals surface area contributed by atoms with E-state index in [-0.39, 0.29) is 6.04 Å². The summed E-state index contributed by atoms with van der Waals surface area (Å²) < 4.78 is 0. The molecule has 0 radical (unpaired) electrons. The lowest BCUT2D eigenvalue weighted by Gasteiger charge is -2.22. The van der Waals surface area contributed by atoms with Crippen LogP contribution in [-0.4, -0.2) is 17.7 Å². The van der Waals surface area contributed by atoms with Gasteiger partial charge in [-0.2, -0.15) is 0 Å². The van der Waals surface area contributed by atoms with Crippen molar-refractivity contribution in [2.24, 2.45) is 0 Å². The van der Waals surface area contributed by atoms with Gasteiger partial charge in [0.25, 0.3) is 5.91 Å². The minimum absolute atomic E-state index is 0.184. The van der Waals surface area contributed by atoms with Crippen molar-refractivity contribution >= 4 is 11.7 Å². The first-order valence-electron chi connectivity index (χ1n) is 6.17. The zero-order valence-corrected chi connectivity index (χ0v) is 9.82. The quantitative estimate of drug-likeness (QED) is 0.641. The summed E-state index contributed by atoms with van der Waals surface area (Å²) in [5.41, 5.74) is 0.459. The van der Waals surface area contributed by atoms with Gasteiger partial charge in [0.1, 0.15) is 0 Å². The molecule has 0 aromatic heterocycles. The molecule has 17 heavy (non-hydrogen) atoms. The fraction of sp³-hybridized carbons (Fsp3) is 0.429. The molecule has 0 heterocycles.